The van der Waals surface area contributed by atoms with Gasteiger partial charge in [-0.3, -0.25) is 0 Å². The van der Waals surface area contributed by atoms with E-state index < -0.39 is 0 Å². The Bertz CT molecular complexity index is 1120. The lowest BCUT2D eigenvalue weighted by Gasteiger charge is -2.18. The first kappa shape index (κ1) is 23.5. The Labute approximate surface area is 203 Å². The molecule has 0 unspecified atom stereocenters. The minimum Gasteiger partial charge on any atom is -0.462 e. The largest absolute Gasteiger partial charge is 0.462 e. The lowest BCUT2D eigenvalue weighted by molar-refractivity contribution is 0.0499. The number of carbonyl (C=O) groups excluding carboxylic acids is 1. The number of unbranched alkanes of at least 4 members (excludes halogenated alkanes) is 1. The minimum absolute atomic E-state index is 0.233. The van der Waals surface area contributed by atoms with Crippen LogP contribution in [0.1, 0.15) is 63.5 Å². The van der Waals surface area contributed by atoms with Crippen molar-refractivity contribution < 1.29 is 9.53 Å². The average Bonchev–Trinajstić information content (AvgIpc) is 2.87. The highest BCUT2D eigenvalue weighted by Crippen LogP contribution is 2.27. The first-order valence-electron chi connectivity index (χ1n) is 12.2. The number of hydrogen-bond acceptors (Lipinski definition) is 2. The Balaban J connectivity index is 1.79. The molecule has 0 fully saturated rings. The maximum Gasteiger partial charge on any atom is 0.338 e. The van der Waals surface area contributed by atoms with Crippen molar-refractivity contribution in [1.29, 1.82) is 0 Å². The van der Waals surface area contributed by atoms with Gasteiger partial charge in [0.1, 0.15) is 0 Å². The molecule has 34 heavy (non-hydrogen) atoms. The van der Waals surface area contributed by atoms with Gasteiger partial charge in [-0.15, -0.1) is 0 Å². The first-order valence-corrected chi connectivity index (χ1v) is 12.2. The van der Waals surface area contributed by atoms with Crippen LogP contribution in [0.25, 0.3) is 0 Å². The molecule has 0 radical (unpaired) electrons. The Morgan fingerprint density at radius 2 is 1.09 bits per heavy atom. The molecule has 4 rings (SSSR count). The Morgan fingerprint density at radius 3 is 1.53 bits per heavy atom. The fourth-order valence-electron chi connectivity index (χ4n) is 4.28. The molecule has 0 spiro atoms. The summed E-state index contributed by atoms with van der Waals surface area (Å²) in [6, 6.07) is 35.6. The van der Waals surface area contributed by atoms with E-state index in [0.717, 1.165) is 32.1 Å². The number of ether oxygens (including phenoxy) is 1. The van der Waals surface area contributed by atoms with Crippen molar-refractivity contribution in [2.45, 2.75) is 39.0 Å². The Kier molecular flexibility index (Phi) is 8.29. The summed E-state index contributed by atoms with van der Waals surface area (Å²) in [6.45, 7) is 2.56. The van der Waals surface area contributed by atoms with Gasteiger partial charge in [-0.05, 0) is 71.2 Å². The van der Waals surface area contributed by atoms with Crippen LogP contribution in [-0.4, -0.2) is 12.6 Å². The van der Waals surface area contributed by atoms with Crippen molar-refractivity contribution in [3.05, 3.63) is 142 Å². The Hall–Kier alpha value is -3.65. The van der Waals surface area contributed by atoms with Crippen molar-refractivity contribution in [2.75, 3.05) is 6.61 Å². The highest BCUT2D eigenvalue weighted by atomic mass is 16.5. The van der Waals surface area contributed by atoms with Gasteiger partial charge in [-0.2, -0.15) is 0 Å². The fraction of sp³-hybridized carbons (Fsp3) is 0.219. The zero-order chi connectivity index (χ0) is 23.6. The molecule has 0 amide bonds. The van der Waals surface area contributed by atoms with Gasteiger partial charge in [0.15, 0.2) is 0 Å². The van der Waals surface area contributed by atoms with Crippen LogP contribution in [0.15, 0.2) is 103 Å². The van der Waals surface area contributed by atoms with Gasteiger partial charge in [-0.25, -0.2) is 4.79 Å². The zero-order valence-electron chi connectivity index (χ0n) is 19.9. The summed E-state index contributed by atoms with van der Waals surface area (Å²) in [6.07, 6.45) is 4.27. The standard InChI is InChI=1S/C32H32O2/c1-2-3-19-34-32(33)30-23-28(20-25-13-7-4-8-14-25)31(22-27-17-11-6-12-18-27)29(24-30)21-26-15-9-5-10-16-26/h4-18,23-24H,2-3,19-22H2,1H3. The summed E-state index contributed by atoms with van der Waals surface area (Å²) in [7, 11) is 0. The van der Waals surface area contributed by atoms with Crippen molar-refractivity contribution in [3.8, 4) is 0 Å². The number of carbonyl (C=O) groups is 1. The molecular formula is C32H32O2. The van der Waals surface area contributed by atoms with E-state index in [0.29, 0.717) is 12.2 Å². The van der Waals surface area contributed by atoms with Gasteiger partial charge >= 0.3 is 5.97 Å². The maximum atomic E-state index is 13.0. The second-order valence-corrected chi connectivity index (χ2v) is 8.75. The van der Waals surface area contributed by atoms with Crippen LogP contribution in [0.5, 0.6) is 0 Å². The van der Waals surface area contributed by atoms with E-state index in [-0.39, 0.29) is 5.97 Å². The topological polar surface area (TPSA) is 26.3 Å². The van der Waals surface area contributed by atoms with E-state index in [9.17, 15) is 4.79 Å². The molecule has 0 aliphatic carbocycles. The van der Waals surface area contributed by atoms with Crippen LogP contribution in [0.4, 0.5) is 0 Å². The minimum atomic E-state index is -0.233. The van der Waals surface area contributed by atoms with Crippen molar-refractivity contribution >= 4 is 5.97 Å². The SMILES string of the molecule is CCCCOC(=O)c1cc(Cc2ccccc2)c(Cc2ccccc2)c(Cc2ccccc2)c1. The molecule has 0 bridgehead atoms. The molecule has 0 saturated heterocycles. The van der Waals surface area contributed by atoms with Crippen molar-refractivity contribution in [3.63, 3.8) is 0 Å². The molecule has 4 aromatic rings. The summed E-state index contributed by atoms with van der Waals surface area (Å²) in [4.78, 5) is 13.0. The molecule has 2 nitrogen and oxygen atoms in total. The van der Waals surface area contributed by atoms with Gasteiger partial charge in [0.2, 0.25) is 0 Å². The summed E-state index contributed by atoms with van der Waals surface area (Å²) < 4.78 is 5.60. The summed E-state index contributed by atoms with van der Waals surface area (Å²) in [5.41, 5.74) is 8.05. The molecule has 0 aromatic heterocycles. The van der Waals surface area contributed by atoms with Crippen LogP contribution >= 0.6 is 0 Å². The lowest BCUT2D eigenvalue weighted by Crippen LogP contribution is -2.11. The highest BCUT2D eigenvalue weighted by molar-refractivity contribution is 5.90. The fourth-order valence-corrected chi connectivity index (χ4v) is 4.28. The van der Waals surface area contributed by atoms with Crippen LogP contribution in [0.2, 0.25) is 0 Å². The summed E-state index contributed by atoms with van der Waals surface area (Å²) >= 11 is 0. The molecular weight excluding hydrogens is 416 g/mol. The molecule has 4 aromatic carbocycles. The van der Waals surface area contributed by atoms with Gasteiger partial charge in [0.05, 0.1) is 12.2 Å². The normalized spacial score (nSPS) is 10.7. The molecule has 172 valence electrons. The molecule has 0 aliphatic heterocycles. The molecule has 0 heterocycles. The van der Waals surface area contributed by atoms with Crippen LogP contribution in [0.3, 0.4) is 0 Å². The zero-order valence-corrected chi connectivity index (χ0v) is 19.9. The third-order valence-corrected chi connectivity index (χ3v) is 6.10. The smallest absolute Gasteiger partial charge is 0.338 e. The number of esters is 1. The third kappa shape index (κ3) is 6.45. The van der Waals surface area contributed by atoms with E-state index in [1.807, 2.05) is 24.3 Å². The second-order valence-electron chi connectivity index (χ2n) is 8.75. The van der Waals surface area contributed by atoms with Crippen LogP contribution < -0.4 is 0 Å². The van der Waals surface area contributed by atoms with Crippen molar-refractivity contribution in [1.82, 2.24) is 0 Å². The monoisotopic (exact) mass is 448 g/mol. The van der Waals surface area contributed by atoms with E-state index >= 15 is 0 Å². The molecule has 0 atom stereocenters. The van der Waals surface area contributed by atoms with E-state index in [4.69, 9.17) is 4.74 Å². The van der Waals surface area contributed by atoms with Gasteiger partial charge in [0.25, 0.3) is 0 Å². The highest BCUT2D eigenvalue weighted by Gasteiger charge is 2.17. The number of benzene rings is 4. The van der Waals surface area contributed by atoms with E-state index in [1.165, 1.54) is 33.4 Å². The van der Waals surface area contributed by atoms with Crippen LogP contribution in [-0.2, 0) is 24.0 Å². The quantitative estimate of drug-likeness (QED) is 0.186. The molecule has 0 saturated carbocycles. The Morgan fingerprint density at radius 1 is 0.647 bits per heavy atom. The summed E-state index contributed by atoms with van der Waals surface area (Å²) in [5.74, 6) is -0.233. The lowest BCUT2D eigenvalue weighted by atomic mass is 9.87. The maximum absolute atomic E-state index is 13.0. The predicted octanol–water partition coefficient (Wildman–Crippen LogP) is 7.42. The molecule has 0 N–H and O–H groups in total. The van der Waals surface area contributed by atoms with Crippen LogP contribution in [0, 0.1) is 0 Å². The van der Waals surface area contributed by atoms with Gasteiger partial charge in [0, 0.05) is 0 Å². The first-order chi connectivity index (χ1) is 16.7. The third-order valence-electron chi connectivity index (χ3n) is 6.10. The number of rotatable bonds is 10. The summed E-state index contributed by atoms with van der Waals surface area (Å²) in [5, 5.41) is 0. The average molecular weight is 449 g/mol. The van der Waals surface area contributed by atoms with E-state index in [1.54, 1.807) is 0 Å². The molecule has 0 aliphatic rings. The van der Waals surface area contributed by atoms with Crippen molar-refractivity contribution in [2.24, 2.45) is 0 Å². The van der Waals surface area contributed by atoms with Gasteiger partial charge < -0.3 is 4.74 Å². The van der Waals surface area contributed by atoms with Gasteiger partial charge in [-0.1, -0.05) is 104 Å². The second kappa shape index (κ2) is 12.0. The number of hydrogen-bond donors (Lipinski definition) is 0. The molecule has 2 heteroatoms. The predicted molar refractivity (Wildman–Crippen MR) is 139 cm³/mol. The van der Waals surface area contributed by atoms with E-state index in [2.05, 4.69) is 85.8 Å².